The van der Waals surface area contributed by atoms with E-state index in [1.165, 1.54) is 4.90 Å². The minimum atomic E-state index is -1.17. The molecule has 4 fully saturated rings. The molecule has 3 aliphatic carbocycles. The van der Waals surface area contributed by atoms with Gasteiger partial charge < -0.3 is 26.6 Å². The van der Waals surface area contributed by atoms with E-state index in [0.29, 0.717) is 6.42 Å². The molecule has 3 saturated carbocycles. The largest absolute Gasteiger partial charge is 0.363 e. The van der Waals surface area contributed by atoms with Gasteiger partial charge in [0.05, 0.1) is 6.04 Å². The molecule has 0 radical (unpaired) electrons. The van der Waals surface area contributed by atoms with Crippen LogP contribution in [0.1, 0.15) is 78.6 Å². The Morgan fingerprint density at radius 3 is 2.15 bits per heavy atom. The number of rotatable bonds is 9. The molecule has 39 heavy (non-hydrogen) atoms. The van der Waals surface area contributed by atoms with E-state index >= 15 is 0 Å². The third kappa shape index (κ3) is 6.64. The van der Waals surface area contributed by atoms with E-state index in [0.717, 1.165) is 51.4 Å². The van der Waals surface area contributed by atoms with Crippen LogP contribution in [0, 0.1) is 23.7 Å². The summed E-state index contributed by atoms with van der Waals surface area (Å²) in [7, 11) is 0. The number of piperidine rings is 1. The number of likely N-dealkylation sites (tertiary alicyclic amines) is 1. The molecule has 0 aromatic rings. The van der Waals surface area contributed by atoms with Crippen molar-refractivity contribution >= 4 is 52.7 Å². The Morgan fingerprint density at radius 1 is 0.974 bits per heavy atom. The number of hydrogen-bond donors (Lipinski definition) is 4. The number of ketones is 1. The number of amides is 5. The molecule has 1 heterocycles. The van der Waals surface area contributed by atoms with Crippen LogP contribution in [0.3, 0.4) is 0 Å². The molecule has 218 valence electrons. The predicted octanol–water partition coefficient (Wildman–Crippen LogP) is 2.39. The van der Waals surface area contributed by atoms with Crippen LogP contribution < -0.4 is 21.7 Å². The lowest BCUT2D eigenvalue weighted by molar-refractivity contribution is -0.144. The smallest absolute Gasteiger partial charge is 0.315 e. The van der Waals surface area contributed by atoms with Gasteiger partial charge in [-0.15, -0.1) is 23.2 Å². The van der Waals surface area contributed by atoms with Crippen molar-refractivity contribution in [1.82, 2.24) is 20.9 Å². The zero-order chi connectivity index (χ0) is 28.7. The number of nitrogens with two attached hydrogens (primary N) is 1. The first-order chi connectivity index (χ1) is 18.2. The molecule has 4 rings (SSSR count). The summed E-state index contributed by atoms with van der Waals surface area (Å²) in [6.07, 6.45) is 7.72. The second-order valence-corrected chi connectivity index (χ2v) is 14.2. The van der Waals surface area contributed by atoms with Crippen LogP contribution in [0.25, 0.3) is 0 Å². The van der Waals surface area contributed by atoms with Crippen LogP contribution in [0.2, 0.25) is 0 Å². The highest BCUT2D eigenvalue weighted by atomic mass is 35.5. The fourth-order valence-corrected chi connectivity index (χ4v) is 7.23. The van der Waals surface area contributed by atoms with Gasteiger partial charge in [0.2, 0.25) is 17.6 Å². The molecule has 10 nitrogen and oxygen atoms in total. The Bertz CT molecular complexity index is 1010. The molecule has 5 N–H and O–H groups in total. The lowest BCUT2D eigenvalue weighted by Gasteiger charge is -2.37. The number of urea groups is 1. The topological polar surface area (TPSA) is 151 Å². The van der Waals surface area contributed by atoms with Gasteiger partial charge in [0.1, 0.15) is 16.4 Å². The summed E-state index contributed by atoms with van der Waals surface area (Å²) >= 11 is 13.0. The van der Waals surface area contributed by atoms with E-state index < -0.39 is 57.5 Å². The Hall–Kier alpha value is -2.07. The first kappa shape index (κ1) is 29.9. The fourth-order valence-electron chi connectivity index (χ4n) is 6.40. The minimum absolute atomic E-state index is 0.0721. The van der Waals surface area contributed by atoms with Gasteiger partial charge in [0.15, 0.2) is 0 Å². The van der Waals surface area contributed by atoms with Gasteiger partial charge in [-0.25, -0.2) is 4.79 Å². The summed E-state index contributed by atoms with van der Waals surface area (Å²) in [6.45, 7) is 5.72. The van der Waals surface area contributed by atoms with E-state index in [1.807, 2.05) is 20.8 Å². The molecule has 4 aliphatic rings. The second-order valence-electron chi connectivity index (χ2n) is 12.8. The van der Waals surface area contributed by atoms with Crippen molar-refractivity contribution < 1.29 is 24.0 Å². The van der Waals surface area contributed by atoms with Gasteiger partial charge in [0, 0.05) is 23.9 Å². The summed E-state index contributed by atoms with van der Waals surface area (Å²) in [5.74, 6) is -3.60. The molecule has 0 aromatic heterocycles. The van der Waals surface area contributed by atoms with Crippen molar-refractivity contribution in [3.05, 3.63) is 0 Å². The summed E-state index contributed by atoms with van der Waals surface area (Å²) in [5.41, 5.74) is 4.78. The number of alkyl halides is 2. The summed E-state index contributed by atoms with van der Waals surface area (Å²) < 4.78 is -1.17. The molecular formula is C27H41Cl2N5O5. The normalized spacial score (nSPS) is 27.9. The first-order valence-corrected chi connectivity index (χ1v) is 14.9. The van der Waals surface area contributed by atoms with Crippen LogP contribution >= 0.6 is 23.2 Å². The monoisotopic (exact) mass is 585 g/mol. The number of primary amides is 1. The number of nitrogens with one attached hydrogen (secondary N) is 3. The minimum Gasteiger partial charge on any atom is -0.363 e. The maximum atomic E-state index is 14.1. The van der Waals surface area contributed by atoms with E-state index in [1.54, 1.807) is 0 Å². The zero-order valence-electron chi connectivity index (χ0n) is 22.9. The maximum absolute atomic E-state index is 14.1. The van der Waals surface area contributed by atoms with E-state index in [4.69, 9.17) is 28.9 Å². The number of hydrogen-bond acceptors (Lipinski definition) is 5. The first-order valence-electron chi connectivity index (χ1n) is 14.1. The Labute approximate surface area is 239 Å². The van der Waals surface area contributed by atoms with E-state index in [-0.39, 0.29) is 30.2 Å². The number of halogens is 2. The molecule has 12 heteroatoms. The molecule has 0 bridgehead atoms. The standard InChI is InChI=1S/C27H41Cl2N5O5/c1-26(2,3)33-25(39)32-19(15-10-5-4-6-11-15)24(38)34-13-16-18(27(16,28)29)20(34)23(37)31-17(21(35)22(30)36)12-14-8-7-9-14/h14-20H,4-13H2,1-3H3,(H2,30,36)(H,31,37)(H2,32,33,39). The van der Waals surface area contributed by atoms with Crippen molar-refractivity contribution in [2.24, 2.45) is 29.4 Å². The predicted molar refractivity (Wildman–Crippen MR) is 147 cm³/mol. The lowest BCUT2D eigenvalue weighted by atomic mass is 9.80. The third-order valence-corrected chi connectivity index (χ3v) is 9.78. The van der Waals surface area contributed by atoms with E-state index in [9.17, 15) is 24.0 Å². The highest BCUT2D eigenvalue weighted by Gasteiger charge is 2.74. The van der Waals surface area contributed by atoms with Crippen molar-refractivity contribution in [1.29, 1.82) is 0 Å². The van der Waals surface area contributed by atoms with Crippen molar-refractivity contribution in [2.75, 3.05) is 6.54 Å². The number of carbonyl (C=O) groups is 5. The van der Waals surface area contributed by atoms with Gasteiger partial charge in [-0.3, -0.25) is 19.2 Å². The van der Waals surface area contributed by atoms with Gasteiger partial charge in [-0.05, 0) is 51.9 Å². The summed E-state index contributed by atoms with van der Waals surface area (Å²) in [5, 5.41) is 8.45. The number of Topliss-reactive ketones (excluding diaryl/α,β-unsaturated/α-hetero) is 1. The van der Waals surface area contributed by atoms with Gasteiger partial charge in [-0.1, -0.05) is 38.5 Å². The number of nitrogens with zero attached hydrogens (tertiary/aromatic N) is 1. The Morgan fingerprint density at radius 2 is 1.62 bits per heavy atom. The molecule has 1 saturated heterocycles. The maximum Gasteiger partial charge on any atom is 0.315 e. The Kier molecular flexibility index (Phi) is 8.76. The highest BCUT2D eigenvalue weighted by molar-refractivity contribution is 6.51. The van der Waals surface area contributed by atoms with Crippen molar-refractivity contribution in [2.45, 2.75) is 107 Å². The van der Waals surface area contributed by atoms with Crippen LogP contribution in [-0.2, 0) is 19.2 Å². The number of carbonyl (C=O) groups excluding carboxylic acids is 5. The van der Waals surface area contributed by atoms with Crippen LogP contribution in [0.4, 0.5) is 4.79 Å². The van der Waals surface area contributed by atoms with Crippen molar-refractivity contribution in [3.8, 4) is 0 Å². The second kappa shape index (κ2) is 11.4. The Balaban J connectivity index is 1.55. The average molecular weight is 587 g/mol. The summed E-state index contributed by atoms with van der Waals surface area (Å²) in [6, 6.07) is -3.37. The highest BCUT2D eigenvalue weighted by Crippen LogP contribution is 2.65. The molecule has 0 spiro atoms. The summed E-state index contributed by atoms with van der Waals surface area (Å²) in [4.78, 5) is 66.4. The third-order valence-electron chi connectivity index (χ3n) is 8.72. The van der Waals surface area contributed by atoms with E-state index in [2.05, 4.69) is 16.0 Å². The molecule has 5 amide bonds. The van der Waals surface area contributed by atoms with Crippen LogP contribution in [0.5, 0.6) is 0 Å². The van der Waals surface area contributed by atoms with Gasteiger partial charge >= 0.3 is 6.03 Å². The average Bonchev–Trinajstić information content (AvgIpc) is 3.15. The molecule has 0 aromatic carbocycles. The van der Waals surface area contributed by atoms with Crippen molar-refractivity contribution in [3.63, 3.8) is 0 Å². The number of fused-ring (bicyclic) bond motifs is 1. The lowest BCUT2D eigenvalue weighted by Crippen LogP contribution is -2.61. The van der Waals surface area contributed by atoms with Gasteiger partial charge in [-0.2, -0.15) is 0 Å². The fraction of sp³-hybridized carbons (Fsp3) is 0.815. The molecule has 1 aliphatic heterocycles. The molecule has 5 unspecified atom stereocenters. The van der Waals surface area contributed by atoms with Crippen LogP contribution in [-0.4, -0.2) is 69.0 Å². The zero-order valence-corrected chi connectivity index (χ0v) is 24.4. The quantitative estimate of drug-likeness (QED) is 0.242. The SMILES string of the molecule is CC(C)(C)NC(=O)NC(C(=O)N1CC2C(C1C(=O)NC(CC1CCC1)C(=O)C(N)=O)C2(Cl)Cl)C1CCCCC1. The van der Waals surface area contributed by atoms with Crippen LogP contribution in [0.15, 0.2) is 0 Å². The molecular weight excluding hydrogens is 545 g/mol. The molecule has 5 atom stereocenters. The van der Waals surface area contributed by atoms with Gasteiger partial charge in [0.25, 0.3) is 5.91 Å².